The summed E-state index contributed by atoms with van der Waals surface area (Å²) in [6, 6.07) is 5.32. The zero-order valence-electron chi connectivity index (χ0n) is 23.3. The second-order valence-electron chi connectivity index (χ2n) is 11.6. The Labute approximate surface area is 241 Å². The van der Waals surface area contributed by atoms with Crippen molar-refractivity contribution in [2.24, 2.45) is 5.41 Å². The molecule has 1 aliphatic carbocycles. The van der Waals surface area contributed by atoms with Crippen LogP contribution in [-0.4, -0.2) is 84.6 Å². The molecule has 7 rings (SSSR count). The lowest BCUT2D eigenvalue weighted by molar-refractivity contribution is 0.0775. The second-order valence-corrected chi connectivity index (χ2v) is 11.6. The number of halogens is 2. The SMILES string of the molecule is C#Cc1c(F)ccc2cc(O)cc(-c3nc4c5c(nc(OCC6(CN(C)C)CC6)nc5c3F)N3CCOC[C@H]3CO4)c12. The van der Waals surface area contributed by atoms with Crippen LogP contribution in [0.4, 0.5) is 14.6 Å². The van der Waals surface area contributed by atoms with Crippen LogP contribution in [0.2, 0.25) is 0 Å². The van der Waals surface area contributed by atoms with E-state index in [2.05, 4.69) is 20.8 Å². The van der Waals surface area contributed by atoms with Gasteiger partial charge in [-0.3, -0.25) is 0 Å². The minimum Gasteiger partial charge on any atom is -0.508 e. The van der Waals surface area contributed by atoms with Crippen molar-refractivity contribution in [3.05, 3.63) is 41.5 Å². The van der Waals surface area contributed by atoms with Gasteiger partial charge >= 0.3 is 6.01 Å². The third kappa shape index (κ3) is 4.42. The first-order valence-corrected chi connectivity index (χ1v) is 13.8. The highest BCUT2D eigenvalue weighted by Gasteiger charge is 2.44. The van der Waals surface area contributed by atoms with Gasteiger partial charge in [0.2, 0.25) is 5.88 Å². The Morgan fingerprint density at radius 1 is 1.17 bits per heavy atom. The van der Waals surface area contributed by atoms with E-state index in [0.29, 0.717) is 43.0 Å². The molecule has 1 N–H and O–H groups in total. The average Bonchev–Trinajstić information content (AvgIpc) is 3.76. The highest BCUT2D eigenvalue weighted by atomic mass is 19.1. The molecule has 216 valence electrons. The molecule has 9 nitrogen and oxygen atoms in total. The number of rotatable bonds is 6. The minimum absolute atomic E-state index is 0.00381. The van der Waals surface area contributed by atoms with Gasteiger partial charge in [0.15, 0.2) is 5.82 Å². The molecule has 0 unspecified atom stereocenters. The van der Waals surface area contributed by atoms with E-state index in [1.165, 1.54) is 24.3 Å². The molecule has 0 radical (unpaired) electrons. The van der Waals surface area contributed by atoms with Gasteiger partial charge in [-0.15, -0.1) is 6.42 Å². The monoisotopic (exact) mass is 573 g/mol. The fraction of sp³-hybridized carbons (Fsp3) is 0.387. The Balaban J connectivity index is 1.45. The smallest absolute Gasteiger partial charge is 0.319 e. The molecular weight excluding hydrogens is 544 g/mol. The van der Waals surface area contributed by atoms with Gasteiger partial charge in [-0.2, -0.15) is 9.97 Å². The van der Waals surface area contributed by atoms with Crippen LogP contribution < -0.4 is 14.4 Å². The maximum absolute atomic E-state index is 16.7. The van der Waals surface area contributed by atoms with Gasteiger partial charge in [0, 0.05) is 29.5 Å². The molecule has 1 saturated carbocycles. The van der Waals surface area contributed by atoms with Crippen molar-refractivity contribution in [3.63, 3.8) is 0 Å². The van der Waals surface area contributed by atoms with Crippen molar-refractivity contribution in [1.29, 1.82) is 0 Å². The summed E-state index contributed by atoms with van der Waals surface area (Å²) >= 11 is 0. The van der Waals surface area contributed by atoms with Crippen LogP contribution in [-0.2, 0) is 4.74 Å². The lowest BCUT2D eigenvalue weighted by Gasteiger charge is -2.34. The molecule has 1 atom stereocenters. The molecule has 42 heavy (non-hydrogen) atoms. The van der Waals surface area contributed by atoms with Crippen LogP contribution in [0.25, 0.3) is 32.9 Å². The summed E-state index contributed by atoms with van der Waals surface area (Å²) in [6.07, 6.45) is 7.73. The number of ether oxygens (including phenoxy) is 3. The number of morpholine rings is 1. The van der Waals surface area contributed by atoms with E-state index < -0.39 is 11.6 Å². The van der Waals surface area contributed by atoms with E-state index >= 15 is 4.39 Å². The molecular formula is C31H29F2N5O4. The van der Waals surface area contributed by atoms with E-state index in [4.69, 9.17) is 25.6 Å². The largest absolute Gasteiger partial charge is 0.508 e. The summed E-state index contributed by atoms with van der Waals surface area (Å²) in [5.41, 5.74) is -0.169. The molecule has 4 aromatic rings. The molecule has 2 aromatic heterocycles. The first-order chi connectivity index (χ1) is 20.3. The summed E-state index contributed by atoms with van der Waals surface area (Å²) in [4.78, 5) is 18.0. The first-order valence-electron chi connectivity index (χ1n) is 13.8. The molecule has 11 heteroatoms. The van der Waals surface area contributed by atoms with E-state index in [-0.39, 0.29) is 63.4 Å². The molecule has 2 aliphatic heterocycles. The Bertz CT molecular complexity index is 1790. The summed E-state index contributed by atoms with van der Waals surface area (Å²) in [6.45, 7) is 2.87. The molecule has 0 amide bonds. The number of benzene rings is 2. The van der Waals surface area contributed by atoms with Gasteiger partial charge in [0.1, 0.15) is 40.6 Å². The van der Waals surface area contributed by atoms with E-state index in [9.17, 15) is 9.50 Å². The van der Waals surface area contributed by atoms with Crippen LogP contribution in [0.1, 0.15) is 18.4 Å². The first kappa shape index (κ1) is 26.6. The van der Waals surface area contributed by atoms with Crippen molar-refractivity contribution < 1.29 is 28.1 Å². The number of hydrogen-bond acceptors (Lipinski definition) is 9. The zero-order valence-corrected chi connectivity index (χ0v) is 23.3. The third-order valence-electron chi connectivity index (χ3n) is 8.19. The number of hydrogen-bond donors (Lipinski definition) is 1. The number of aromatic nitrogens is 3. The summed E-state index contributed by atoms with van der Waals surface area (Å²) in [5, 5.41) is 11.5. The highest BCUT2D eigenvalue weighted by Crippen LogP contribution is 2.47. The Kier molecular flexibility index (Phi) is 6.29. The molecule has 3 aliphatic rings. The van der Waals surface area contributed by atoms with E-state index in [0.717, 1.165) is 19.4 Å². The molecule has 0 spiro atoms. The second kappa shape index (κ2) is 9.93. The molecule has 1 saturated heterocycles. The fourth-order valence-corrected chi connectivity index (χ4v) is 6.07. The predicted octanol–water partition coefficient (Wildman–Crippen LogP) is 4.13. The number of terminal acetylenes is 1. The molecule has 2 aromatic carbocycles. The van der Waals surface area contributed by atoms with Crippen LogP contribution in [0.5, 0.6) is 17.6 Å². The Morgan fingerprint density at radius 2 is 2.00 bits per heavy atom. The predicted molar refractivity (Wildman–Crippen MR) is 153 cm³/mol. The number of nitrogens with zero attached hydrogens (tertiary/aromatic N) is 5. The Morgan fingerprint density at radius 3 is 2.76 bits per heavy atom. The molecule has 0 bridgehead atoms. The van der Waals surface area contributed by atoms with Crippen LogP contribution >= 0.6 is 0 Å². The van der Waals surface area contributed by atoms with E-state index in [1.807, 2.05) is 19.0 Å². The number of phenols is 1. The van der Waals surface area contributed by atoms with Gasteiger partial charge < -0.3 is 29.1 Å². The van der Waals surface area contributed by atoms with Crippen molar-refractivity contribution >= 4 is 27.5 Å². The zero-order chi connectivity index (χ0) is 29.2. The highest BCUT2D eigenvalue weighted by molar-refractivity contribution is 6.04. The topological polar surface area (TPSA) is 93.1 Å². The van der Waals surface area contributed by atoms with Gasteiger partial charge in [-0.05, 0) is 50.5 Å². The van der Waals surface area contributed by atoms with Gasteiger partial charge in [0.25, 0.3) is 0 Å². The van der Waals surface area contributed by atoms with Crippen LogP contribution in [0, 0.1) is 29.4 Å². The third-order valence-corrected chi connectivity index (χ3v) is 8.19. The molecule has 4 heterocycles. The van der Waals surface area contributed by atoms with Gasteiger partial charge in [-0.25, -0.2) is 13.8 Å². The number of pyridine rings is 1. The van der Waals surface area contributed by atoms with Crippen molar-refractivity contribution in [1.82, 2.24) is 19.9 Å². The van der Waals surface area contributed by atoms with Crippen LogP contribution in [0.3, 0.4) is 0 Å². The fourth-order valence-electron chi connectivity index (χ4n) is 6.07. The summed E-state index contributed by atoms with van der Waals surface area (Å²) in [7, 11) is 4.04. The Hall–Kier alpha value is -4.27. The number of phenolic OH excluding ortho intramolecular Hbond substituents is 1. The van der Waals surface area contributed by atoms with Gasteiger partial charge in [0.05, 0.1) is 31.4 Å². The number of fused-ring (bicyclic) bond motifs is 3. The van der Waals surface area contributed by atoms with Crippen molar-refractivity contribution in [2.75, 3.05) is 58.5 Å². The summed E-state index contributed by atoms with van der Waals surface area (Å²) < 4.78 is 49.5. The van der Waals surface area contributed by atoms with Crippen molar-refractivity contribution in [2.45, 2.75) is 18.9 Å². The normalized spacial score (nSPS) is 18.9. The van der Waals surface area contributed by atoms with Crippen molar-refractivity contribution in [3.8, 4) is 41.2 Å². The maximum atomic E-state index is 16.7. The number of aromatic hydroxyl groups is 1. The van der Waals surface area contributed by atoms with Gasteiger partial charge in [-0.1, -0.05) is 12.0 Å². The average molecular weight is 574 g/mol. The van der Waals surface area contributed by atoms with E-state index in [1.54, 1.807) is 0 Å². The standard InChI is InChI=1S/C31H29F2N5O4/c1-4-20-22(32)6-5-17-11-19(39)12-21(23(17)20)26-25(33)27-24-28(38-9-10-40-13-18(38)14-41-29(24)34-26)36-30(35-27)42-16-31(7-8-31)15-37(2)3/h1,5-6,11-12,18,39H,7-10,13-16H2,2-3H3/t18-/m0/s1. The lowest BCUT2D eigenvalue weighted by atomic mass is 9.95. The summed E-state index contributed by atoms with van der Waals surface area (Å²) in [5.74, 6) is 1.37. The lowest BCUT2D eigenvalue weighted by Crippen LogP contribution is -2.48. The van der Waals surface area contributed by atoms with Crippen LogP contribution in [0.15, 0.2) is 24.3 Å². The number of anilines is 1. The maximum Gasteiger partial charge on any atom is 0.319 e. The quantitative estimate of drug-likeness (QED) is 0.342. The minimum atomic E-state index is -0.786. The molecule has 2 fully saturated rings.